The minimum Gasteiger partial charge on any atom is -0.347 e. The molecule has 9 nitrogen and oxygen atoms in total. The van der Waals surface area contributed by atoms with Gasteiger partial charge in [0.25, 0.3) is 0 Å². The molecule has 0 atom stereocenters. The van der Waals surface area contributed by atoms with E-state index in [1.54, 1.807) is 18.7 Å². The van der Waals surface area contributed by atoms with Crippen LogP contribution in [0.15, 0.2) is 4.79 Å². The number of amides is 1. The number of aromatic nitrogens is 5. The van der Waals surface area contributed by atoms with Crippen molar-refractivity contribution >= 4 is 22.6 Å². The Kier molecular flexibility index (Phi) is 4.16. The highest BCUT2D eigenvalue weighted by molar-refractivity contribution is 7.09. The number of carbonyl (C=O) groups excluding carboxylic acids is 1. The van der Waals surface area contributed by atoms with E-state index in [2.05, 4.69) is 19.4 Å². The van der Waals surface area contributed by atoms with Crippen LogP contribution in [0.1, 0.15) is 18.6 Å². The van der Waals surface area contributed by atoms with Crippen molar-refractivity contribution in [3.63, 3.8) is 0 Å². The Labute approximate surface area is 137 Å². The second kappa shape index (κ2) is 6.11. The molecule has 0 aromatic carbocycles. The van der Waals surface area contributed by atoms with Gasteiger partial charge in [0.2, 0.25) is 11.0 Å². The first-order valence-corrected chi connectivity index (χ1v) is 8.21. The van der Waals surface area contributed by atoms with Crippen LogP contribution < -0.4 is 10.6 Å². The first-order valence-electron chi connectivity index (χ1n) is 7.43. The molecule has 0 unspecified atom stereocenters. The van der Waals surface area contributed by atoms with Crippen molar-refractivity contribution in [1.29, 1.82) is 0 Å². The van der Waals surface area contributed by atoms with Crippen molar-refractivity contribution in [3.8, 4) is 0 Å². The van der Waals surface area contributed by atoms with Crippen molar-refractivity contribution in [2.75, 3.05) is 25.5 Å². The number of hydrogen-bond acceptors (Lipinski definition) is 7. The molecule has 0 saturated carbocycles. The quantitative estimate of drug-likeness (QED) is 0.752. The number of rotatable bonds is 4. The summed E-state index contributed by atoms with van der Waals surface area (Å²) in [6.07, 6.45) is 0.802. The molecule has 2 aromatic heterocycles. The van der Waals surface area contributed by atoms with Crippen molar-refractivity contribution in [3.05, 3.63) is 22.1 Å². The molecule has 1 amide bonds. The number of nitrogens with zero attached hydrogens (tertiary/aromatic N) is 7. The normalized spacial score (nSPS) is 14.0. The van der Waals surface area contributed by atoms with Crippen LogP contribution in [-0.4, -0.2) is 55.2 Å². The zero-order chi connectivity index (χ0) is 16.6. The van der Waals surface area contributed by atoms with Crippen LogP contribution >= 0.6 is 11.5 Å². The fourth-order valence-electron chi connectivity index (χ4n) is 2.35. The third kappa shape index (κ3) is 2.98. The Balaban J connectivity index is 1.81. The Morgan fingerprint density at radius 1 is 1.35 bits per heavy atom. The standard InChI is InChI=1S/C13H19N7O2S/c1-4-9-14-12(23-16-9)18-5-6-19-10(7-18)15-20(13(19)22)8-11(21)17(2)3/h4-8H2,1-3H3. The number of hydrogen-bond donors (Lipinski definition) is 0. The van der Waals surface area contributed by atoms with Crippen LogP contribution in [-0.2, 0) is 30.8 Å². The number of anilines is 1. The highest BCUT2D eigenvalue weighted by Gasteiger charge is 2.24. The van der Waals surface area contributed by atoms with Crippen molar-refractivity contribution in [2.24, 2.45) is 0 Å². The van der Waals surface area contributed by atoms with Crippen molar-refractivity contribution < 1.29 is 4.79 Å². The summed E-state index contributed by atoms with van der Waals surface area (Å²) in [6.45, 7) is 3.69. The molecule has 0 fully saturated rings. The Morgan fingerprint density at radius 2 is 2.13 bits per heavy atom. The van der Waals surface area contributed by atoms with Gasteiger partial charge in [-0.05, 0) is 0 Å². The highest BCUT2D eigenvalue weighted by atomic mass is 32.1. The lowest BCUT2D eigenvalue weighted by Gasteiger charge is -2.25. The molecule has 0 aliphatic carbocycles. The summed E-state index contributed by atoms with van der Waals surface area (Å²) in [4.78, 5) is 32.1. The minimum atomic E-state index is -0.235. The monoisotopic (exact) mass is 337 g/mol. The van der Waals surface area contributed by atoms with Gasteiger partial charge in [-0.25, -0.2) is 14.5 Å². The maximum absolute atomic E-state index is 12.3. The van der Waals surface area contributed by atoms with Crippen molar-refractivity contribution in [1.82, 2.24) is 28.6 Å². The Bertz CT molecular complexity index is 776. The van der Waals surface area contributed by atoms with Crippen LogP contribution in [0.25, 0.3) is 0 Å². The van der Waals surface area contributed by atoms with Gasteiger partial charge in [0, 0.05) is 45.1 Å². The SMILES string of the molecule is CCc1nsc(N2CCn3c(nn(CC(=O)N(C)C)c3=O)C2)n1. The van der Waals surface area contributed by atoms with E-state index in [9.17, 15) is 9.59 Å². The van der Waals surface area contributed by atoms with Crippen LogP contribution in [0.2, 0.25) is 0 Å². The van der Waals surface area contributed by atoms with E-state index in [1.165, 1.54) is 21.1 Å². The smallest absolute Gasteiger partial charge is 0.346 e. The zero-order valence-electron chi connectivity index (χ0n) is 13.4. The number of fused-ring (bicyclic) bond motifs is 1. The fourth-order valence-corrected chi connectivity index (χ4v) is 3.13. The molecule has 0 radical (unpaired) electrons. The lowest BCUT2D eigenvalue weighted by molar-refractivity contribution is -0.129. The van der Waals surface area contributed by atoms with Gasteiger partial charge in [-0.15, -0.1) is 0 Å². The predicted molar refractivity (Wildman–Crippen MR) is 85.5 cm³/mol. The maximum Gasteiger partial charge on any atom is 0.346 e. The number of aryl methyl sites for hydroxylation is 1. The molecule has 124 valence electrons. The molecule has 3 rings (SSSR count). The van der Waals surface area contributed by atoms with E-state index in [1.807, 2.05) is 6.92 Å². The number of likely N-dealkylation sites (N-methyl/N-ethyl adjacent to an activating group) is 1. The van der Waals surface area contributed by atoms with Gasteiger partial charge in [-0.1, -0.05) is 6.92 Å². The van der Waals surface area contributed by atoms with E-state index in [0.717, 1.165) is 17.4 Å². The van der Waals surface area contributed by atoms with Crippen LogP contribution in [0, 0.1) is 0 Å². The van der Waals surface area contributed by atoms with Gasteiger partial charge in [0.15, 0.2) is 5.82 Å². The van der Waals surface area contributed by atoms with Gasteiger partial charge in [0.05, 0.1) is 6.54 Å². The van der Waals surface area contributed by atoms with Gasteiger partial charge in [0.1, 0.15) is 12.4 Å². The Hall–Kier alpha value is -2.23. The largest absolute Gasteiger partial charge is 0.347 e. The average molecular weight is 337 g/mol. The fraction of sp³-hybridized carbons (Fsp3) is 0.615. The van der Waals surface area contributed by atoms with E-state index < -0.39 is 0 Å². The van der Waals surface area contributed by atoms with Gasteiger partial charge < -0.3 is 9.80 Å². The molecular formula is C13H19N7O2S. The molecule has 3 heterocycles. The first-order chi connectivity index (χ1) is 11.0. The minimum absolute atomic E-state index is 0.0371. The van der Waals surface area contributed by atoms with Crippen LogP contribution in [0.5, 0.6) is 0 Å². The third-order valence-electron chi connectivity index (χ3n) is 3.75. The lowest BCUT2D eigenvalue weighted by atomic mass is 10.4. The van der Waals surface area contributed by atoms with Gasteiger partial charge in [-0.3, -0.25) is 9.36 Å². The molecule has 0 saturated heterocycles. The Morgan fingerprint density at radius 3 is 2.78 bits per heavy atom. The predicted octanol–water partition coefficient (Wildman–Crippen LogP) is -0.433. The summed E-state index contributed by atoms with van der Waals surface area (Å²) in [5.41, 5.74) is -0.235. The summed E-state index contributed by atoms with van der Waals surface area (Å²) in [7, 11) is 3.32. The lowest BCUT2D eigenvalue weighted by Crippen LogP contribution is -2.38. The molecule has 1 aliphatic rings. The van der Waals surface area contributed by atoms with Gasteiger partial charge >= 0.3 is 5.69 Å². The third-order valence-corrected chi connectivity index (χ3v) is 4.57. The molecule has 0 spiro atoms. The topological polar surface area (TPSA) is 89.2 Å². The molecule has 0 N–H and O–H groups in total. The number of carbonyl (C=O) groups is 1. The van der Waals surface area contributed by atoms with Gasteiger partial charge in [-0.2, -0.15) is 9.47 Å². The highest BCUT2D eigenvalue weighted by Crippen LogP contribution is 2.21. The molecule has 1 aliphatic heterocycles. The van der Waals surface area contributed by atoms with E-state index in [0.29, 0.717) is 25.5 Å². The molecule has 23 heavy (non-hydrogen) atoms. The maximum atomic E-state index is 12.3. The molecular weight excluding hydrogens is 318 g/mol. The van der Waals surface area contributed by atoms with Crippen molar-refractivity contribution in [2.45, 2.75) is 33.0 Å². The van der Waals surface area contributed by atoms with Crippen LogP contribution in [0.4, 0.5) is 5.13 Å². The summed E-state index contributed by atoms with van der Waals surface area (Å²) in [5, 5.41) is 5.16. The van der Waals surface area contributed by atoms with E-state index in [-0.39, 0.29) is 18.1 Å². The molecule has 2 aromatic rings. The summed E-state index contributed by atoms with van der Waals surface area (Å²) >= 11 is 1.36. The summed E-state index contributed by atoms with van der Waals surface area (Å²) in [6, 6.07) is 0. The first kappa shape index (κ1) is 15.7. The second-order valence-corrected chi connectivity index (χ2v) is 6.29. The van der Waals surface area contributed by atoms with Crippen LogP contribution in [0.3, 0.4) is 0 Å². The molecule has 0 bridgehead atoms. The van der Waals surface area contributed by atoms with E-state index >= 15 is 0 Å². The zero-order valence-corrected chi connectivity index (χ0v) is 14.2. The average Bonchev–Trinajstić information content (AvgIpc) is 3.12. The van der Waals surface area contributed by atoms with E-state index in [4.69, 9.17) is 0 Å². The molecule has 10 heteroatoms. The summed E-state index contributed by atoms with van der Waals surface area (Å²) in [5.74, 6) is 1.33. The second-order valence-electron chi connectivity index (χ2n) is 5.56. The summed E-state index contributed by atoms with van der Waals surface area (Å²) < 4.78 is 7.15.